The third kappa shape index (κ3) is 4.30. The van der Waals surface area contributed by atoms with E-state index in [-0.39, 0.29) is 11.9 Å². The lowest BCUT2D eigenvalue weighted by Gasteiger charge is -2.32. The summed E-state index contributed by atoms with van der Waals surface area (Å²) < 4.78 is 27.9. The fraction of sp³-hybridized carbons (Fsp3) is 0.300. The summed E-state index contributed by atoms with van der Waals surface area (Å²) >= 11 is 7.22. The molecule has 152 valence electrons. The molecule has 0 spiro atoms. The SMILES string of the molecule is Cc1nc2cc(Cl)ccc2cc1C(=O)N1CCC(NS(=O)(=O)c2cccs2)CC1. The highest BCUT2D eigenvalue weighted by Crippen LogP contribution is 2.23. The van der Waals surface area contributed by atoms with Gasteiger partial charge in [-0.2, -0.15) is 0 Å². The Morgan fingerprint density at radius 3 is 2.69 bits per heavy atom. The monoisotopic (exact) mass is 449 g/mol. The van der Waals surface area contributed by atoms with Gasteiger partial charge in [0.25, 0.3) is 5.91 Å². The molecule has 3 heterocycles. The summed E-state index contributed by atoms with van der Waals surface area (Å²) in [4.78, 5) is 19.3. The number of sulfonamides is 1. The first-order valence-electron chi connectivity index (χ1n) is 9.25. The van der Waals surface area contributed by atoms with Crippen LogP contribution in [-0.4, -0.2) is 43.3 Å². The molecule has 0 unspecified atom stereocenters. The van der Waals surface area contributed by atoms with Crippen LogP contribution in [0.4, 0.5) is 0 Å². The van der Waals surface area contributed by atoms with E-state index in [0.29, 0.717) is 46.4 Å². The fourth-order valence-electron chi connectivity index (χ4n) is 3.52. The Bertz CT molecular complexity index is 1160. The molecular weight excluding hydrogens is 430 g/mol. The maximum absolute atomic E-state index is 13.0. The number of nitrogens with zero attached hydrogens (tertiary/aromatic N) is 2. The molecule has 6 nitrogen and oxygen atoms in total. The van der Waals surface area contributed by atoms with E-state index in [9.17, 15) is 13.2 Å². The second kappa shape index (κ2) is 8.02. The highest BCUT2D eigenvalue weighted by atomic mass is 35.5. The maximum atomic E-state index is 13.0. The van der Waals surface area contributed by atoms with Crippen molar-refractivity contribution in [2.75, 3.05) is 13.1 Å². The van der Waals surface area contributed by atoms with Gasteiger partial charge >= 0.3 is 0 Å². The number of hydrogen-bond donors (Lipinski definition) is 1. The Labute approximate surface area is 178 Å². The van der Waals surface area contributed by atoms with Crippen LogP contribution in [0.2, 0.25) is 5.02 Å². The third-order valence-corrected chi connectivity index (χ3v) is 8.22. The number of carbonyl (C=O) groups is 1. The summed E-state index contributed by atoms with van der Waals surface area (Å²) in [6, 6.07) is 10.4. The van der Waals surface area contributed by atoms with Gasteiger partial charge in [-0.15, -0.1) is 11.3 Å². The van der Waals surface area contributed by atoms with Crippen molar-refractivity contribution in [2.24, 2.45) is 0 Å². The van der Waals surface area contributed by atoms with Crippen LogP contribution in [0.25, 0.3) is 10.9 Å². The molecule has 0 bridgehead atoms. The van der Waals surface area contributed by atoms with Gasteiger partial charge in [-0.3, -0.25) is 9.78 Å². The summed E-state index contributed by atoms with van der Waals surface area (Å²) in [7, 11) is -3.50. The lowest BCUT2D eigenvalue weighted by atomic mass is 10.0. The van der Waals surface area contributed by atoms with Crippen LogP contribution in [0.15, 0.2) is 46.0 Å². The summed E-state index contributed by atoms with van der Waals surface area (Å²) in [6.07, 6.45) is 1.15. The van der Waals surface area contributed by atoms with E-state index in [0.717, 1.165) is 10.9 Å². The van der Waals surface area contributed by atoms with Crippen molar-refractivity contribution in [1.82, 2.24) is 14.6 Å². The minimum atomic E-state index is -3.50. The fourth-order valence-corrected chi connectivity index (χ4v) is 6.00. The highest BCUT2D eigenvalue weighted by molar-refractivity contribution is 7.91. The standard InChI is InChI=1S/C20H20ClN3O3S2/c1-13-17(11-14-4-5-15(21)12-18(14)22-13)20(25)24-8-6-16(7-9-24)23-29(26,27)19-3-2-10-28-19/h2-5,10-12,16,23H,6-9H2,1H3. The van der Waals surface area contributed by atoms with E-state index in [2.05, 4.69) is 9.71 Å². The Morgan fingerprint density at radius 1 is 1.24 bits per heavy atom. The molecule has 29 heavy (non-hydrogen) atoms. The number of halogens is 1. The zero-order valence-corrected chi connectivity index (χ0v) is 18.1. The average Bonchev–Trinajstić information content (AvgIpc) is 3.23. The molecule has 0 saturated carbocycles. The van der Waals surface area contributed by atoms with Gasteiger partial charge in [0.1, 0.15) is 4.21 Å². The molecule has 0 atom stereocenters. The van der Waals surface area contributed by atoms with Gasteiger partial charge in [-0.1, -0.05) is 23.7 Å². The van der Waals surface area contributed by atoms with Crippen molar-refractivity contribution in [1.29, 1.82) is 0 Å². The molecule has 2 aromatic heterocycles. The number of rotatable bonds is 4. The van der Waals surface area contributed by atoms with Crippen LogP contribution < -0.4 is 4.72 Å². The number of hydrogen-bond acceptors (Lipinski definition) is 5. The van der Waals surface area contributed by atoms with Crippen LogP contribution in [0.3, 0.4) is 0 Å². The van der Waals surface area contributed by atoms with Crippen molar-refractivity contribution in [3.8, 4) is 0 Å². The van der Waals surface area contributed by atoms with Gasteiger partial charge in [0, 0.05) is 29.5 Å². The molecule has 4 rings (SSSR count). The number of likely N-dealkylation sites (tertiary alicyclic amines) is 1. The first-order valence-corrected chi connectivity index (χ1v) is 12.0. The van der Waals surface area contributed by atoms with Crippen molar-refractivity contribution < 1.29 is 13.2 Å². The second-order valence-corrected chi connectivity index (χ2v) is 10.4. The van der Waals surface area contributed by atoms with Crippen LogP contribution in [-0.2, 0) is 10.0 Å². The number of aromatic nitrogens is 1. The Balaban J connectivity index is 1.45. The van der Waals surface area contributed by atoms with Gasteiger partial charge in [0.05, 0.1) is 16.8 Å². The van der Waals surface area contributed by atoms with Crippen LogP contribution >= 0.6 is 22.9 Å². The van der Waals surface area contributed by atoms with E-state index >= 15 is 0 Å². The van der Waals surface area contributed by atoms with Crippen molar-refractivity contribution in [2.45, 2.75) is 30.0 Å². The Kier molecular flexibility index (Phi) is 5.61. The number of amides is 1. The van der Waals surface area contributed by atoms with Crippen LogP contribution in [0, 0.1) is 6.92 Å². The van der Waals surface area contributed by atoms with Gasteiger partial charge in [-0.05, 0) is 49.4 Å². The highest BCUT2D eigenvalue weighted by Gasteiger charge is 2.28. The number of aryl methyl sites for hydroxylation is 1. The average molecular weight is 450 g/mol. The molecule has 3 aromatic rings. The summed E-state index contributed by atoms with van der Waals surface area (Å²) in [5.41, 5.74) is 1.98. The number of pyridine rings is 1. The lowest BCUT2D eigenvalue weighted by molar-refractivity contribution is 0.0710. The first-order chi connectivity index (χ1) is 13.8. The first kappa shape index (κ1) is 20.3. The molecule has 9 heteroatoms. The van der Waals surface area contributed by atoms with E-state index in [4.69, 9.17) is 11.6 Å². The van der Waals surface area contributed by atoms with Gasteiger partial charge in [-0.25, -0.2) is 13.1 Å². The maximum Gasteiger partial charge on any atom is 0.255 e. The predicted octanol–water partition coefficient (Wildman–Crippen LogP) is 3.84. The molecule has 0 aliphatic carbocycles. The van der Waals surface area contributed by atoms with Gasteiger partial charge in [0.2, 0.25) is 10.0 Å². The van der Waals surface area contributed by atoms with E-state index in [1.807, 2.05) is 19.1 Å². The number of carbonyl (C=O) groups excluding carboxylic acids is 1. The Morgan fingerprint density at radius 2 is 2.00 bits per heavy atom. The van der Waals surface area contributed by atoms with E-state index < -0.39 is 10.0 Å². The quantitative estimate of drug-likeness (QED) is 0.656. The summed E-state index contributed by atoms with van der Waals surface area (Å²) in [5.74, 6) is -0.0774. The summed E-state index contributed by atoms with van der Waals surface area (Å²) in [6.45, 7) is 2.80. The van der Waals surface area contributed by atoms with Gasteiger partial charge < -0.3 is 4.90 Å². The van der Waals surface area contributed by atoms with Gasteiger partial charge in [0.15, 0.2) is 0 Å². The molecule has 1 aromatic carbocycles. The number of nitrogens with one attached hydrogen (secondary N) is 1. The second-order valence-electron chi connectivity index (χ2n) is 7.08. The topological polar surface area (TPSA) is 79.4 Å². The molecule has 1 fully saturated rings. The number of benzene rings is 1. The lowest BCUT2D eigenvalue weighted by Crippen LogP contribution is -2.46. The number of piperidine rings is 1. The largest absolute Gasteiger partial charge is 0.338 e. The molecule has 1 aliphatic heterocycles. The van der Waals surface area contributed by atoms with Crippen LogP contribution in [0.1, 0.15) is 28.9 Å². The Hall–Kier alpha value is -2.00. The molecule has 1 aliphatic rings. The van der Waals surface area contributed by atoms with Crippen molar-refractivity contribution >= 4 is 49.8 Å². The molecule has 1 amide bonds. The minimum Gasteiger partial charge on any atom is -0.338 e. The van der Waals surface area contributed by atoms with E-state index in [1.165, 1.54) is 11.3 Å². The van der Waals surface area contributed by atoms with Crippen LogP contribution in [0.5, 0.6) is 0 Å². The predicted molar refractivity (Wildman–Crippen MR) is 115 cm³/mol. The third-order valence-electron chi connectivity index (χ3n) is 5.06. The zero-order valence-electron chi connectivity index (χ0n) is 15.8. The number of thiophene rings is 1. The molecule has 0 radical (unpaired) electrons. The summed E-state index contributed by atoms with van der Waals surface area (Å²) in [5, 5.41) is 3.21. The smallest absolute Gasteiger partial charge is 0.255 e. The van der Waals surface area contributed by atoms with Crippen molar-refractivity contribution in [3.05, 3.63) is 58.1 Å². The zero-order chi connectivity index (χ0) is 20.6. The minimum absolute atomic E-state index is 0.0774. The number of fused-ring (bicyclic) bond motifs is 1. The molecule has 1 N–H and O–H groups in total. The normalized spacial score (nSPS) is 15.7. The van der Waals surface area contributed by atoms with Crippen molar-refractivity contribution in [3.63, 3.8) is 0 Å². The molecular formula is C20H20ClN3O3S2. The molecule has 1 saturated heterocycles. The van der Waals surface area contributed by atoms with E-state index in [1.54, 1.807) is 34.5 Å².